The molecule has 1 aliphatic carbocycles. The van der Waals surface area contributed by atoms with Gasteiger partial charge < -0.3 is 24.6 Å². The zero-order valence-corrected chi connectivity index (χ0v) is 32.5. The van der Waals surface area contributed by atoms with E-state index in [0.29, 0.717) is 64.8 Å². The Morgan fingerprint density at radius 2 is 1.41 bits per heavy atom. The van der Waals surface area contributed by atoms with Crippen molar-refractivity contribution in [2.75, 3.05) is 21.3 Å². The first-order chi connectivity index (χ1) is 27.8. The minimum absolute atomic E-state index is 0.0541. The summed E-state index contributed by atoms with van der Waals surface area (Å²) in [4.78, 5) is 11.2. The number of methoxy groups -OCH3 is 3. The number of amides is 1. The molecule has 58 heavy (non-hydrogen) atoms. The summed E-state index contributed by atoms with van der Waals surface area (Å²) >= 11 is 0. The van der Waals surface area contributed by atoms with Crippen molar-refractivity contribution in [3.05, 3.63) is 124 Å². The third-order valence-corrected chi connectivity index (χ3v) is 11.2. The summed E-state index contributed by atoms with van der Waals surface area (Å²) in [6.07, 6.45) is -3.38. The van der Waals surface area contributed by atoms with Gasteiger partial charge in [-0.1, -0.05) is 54.3 Å². The molecule has 1 aromatic heterocycles. The van der Waals surface area contributed by atoms with Crippen molar-refractivity contribution in [3.63, 3.8) is 0 Å². The first kappa shape index (κ1) is 41.3. The van der Waals surface area contributed by atoms with E-state index in [4.69, 9.17) is 19.3 Å². The van der Waals surface area contributed by atoms with E-state index in [1.54, 1.807) is 78.9 Å². The van der Waals surface area contributed by atoms with Crippen molar-refractivity contribution < 1.29 is 45.7 Å². The Kier molecular flexibility index (Phi) is 12.7. The monoisotopic (exact) mass is 816 g/mol. The Morgan fingerprint density at radius 1 is 0.862 bits per heavy atom. The summed E-state index contributed by atoms with van der Waals surface area (Å²) in [5, 5.41) is 24.2. The van der Waals surface area contributed by atoms with Crippen molar-refractivity contribution >= 4 is 16.1 Å². The first-order valence-electron chi connectivity index (χ1n) is 17.9. The number of halogens is 3. The second-order valence-electron chi connectivity index (χ2n) is 13.2. The van der Waals surface area contributed by atoms with E-state index in [2.05, 4.69) is 32.6 Å². The van der Waals surface area contributed by atoms with Gasteiger partial charge in [-0.05, 0) is 95.3 Å². The van der Waals surface area contributed by atoms with Crippen LogP contribution in [0.5, 0.6) is 17.2 Å². The van der Waals surface area contributed by atoms with Crippen molar-refractivity contribution in [2.45, 2.75) is 56.0 Å². The fraction of sp³-hybridized carbons (Fsp3) is 0.268. The number of sulfonamides is 1. The highest BCUT2D eigenvalue weighted by molar-refractivity contribution is 7.89. The molecule has 0 fully saturated rings. The number of ether oxygens (including phenoxy) is 3. The zero-order chi connectivity index (χ0) is 41.5. The van der Waals surface area contributed by atoms with Gasteiger partial charge in [0.15, 0.2) is 0 Å². The second-order valence-corrected chi connectivity index (χ2v) is 15.1. The Labute approximate surface area is 333 Å². The number of hydrogen-bond donors (Lipinski definition) is 2. The highest BCUT2D eigenvalue weighted by Crippen LogP contribution is 2.42. The normalized spacial score (nSPS) is 14.3. The zero-order valence-electron chi connectivity index (χ0n) is 31.7. The van der Waals surface area contributed by atoms with Gasteiger partial charge in [0, 0.05) is 24.7 Å². The largest absolute Gasteiger partial charge is 0.497 e. The summed E-state index contributed by atoms with van der Waals surface area (Å²) in [6.45, 7) is -0.583. The predicted octanol–water partition coefficient (Wildman–Crippen LogP) is 6.92. The number of rotatable bonds is 13. The Morgan fingerprint density at radius 3 is 1.90 bits per heavy atom. The van der Waals surface area contributed by atoms with Crippen LogP contribution in [-0.4, -0.2) is 71.5 Å². The van der Waals surface area contributed by atoms with Crippen LogP contribution in [0.15, 0.2) is 101 Å². The van der Waals surface area contributed by atoms with Crippen LogP contribution < -0.4 is 19.5 Å². The number of alkyl halides is 3. The Hall–Kier alpha value is -6.38. The van der Waals surface area contributed by atoms with Crippen LogP contribution in [0.2, 0.25) is 0 Å². The summed E-state index contributed by atoms with van der Waals surface area (Å²) in [5.41, 5.74) is 0.284. The van der Waals surface area contributed by atoms with Crippen LogP contribution in [0.3, 0.4) is 0 Å². The molecule has 1 unspecified atom stereocenters. The molecular formula is C41H39F3N6O7S. The fourth-order valence-corrected chi connectivity index (χ4v) is 8.15. The number of nitrogens with zero attached hydrogens (tertiary/aromatic N) is 5. The van der Waals surface area contributed by atoms with Gasteiger partial charge in [0.2, 0.25) is 15.8 Å². The Bertz CT molecular complexity index is 2390. The highest BCUT2D eigenvalue weighted by atomic mass is 32.2. The molecule has 5 aromatic rings. The molecule has 0 aliphatic heterocycles. The van der Waals surface area contributed by atoms with Crippen molar-refractivity contribution in [2.24, 2.45) is 0 Å². The predicted molar refractivity (Wildman–Crippen MR) is 207 cm³/mol. The quantitative estimate of drug-likeness (QED) is 0.120. The van der Waals surface area contributed by atoms with Gasteiger partial charge in [-0.25, -0.2) is 13.2 Å². The van der Waals surface area contributed by atoms with E-state index in [-0.39, 0.29) is 37.1 Å². The third-order valence-electron chi connectivity index (χ3n) is 9.35. The lowest BCUT2D eigenvalue weighted by atomic mass is 9.95. The maximum atomic E-state index is 15.2. The molecule has 1 atom stereocenters. The SMILES string of the molecule is COc1ccc(CN(Cc2ccc(OC)cc2)S(=O)(=O)c2c(C(F)(F)F)ccc(C#CC3=CCC(NC(=O)O)CC3)c2-c2nnn(Cc3ccc(OC)cc3)n2)cc1. The molecule has 6 rings (SSSR count). The molecule has 0 bridgehead atoms. The lowest BCUT2D eigenvalue weighted by Crippen LogP contribution is -2.34. The maximum absolute atomic E-state index is 15.2. The molecule has 0 radical (unpaired) electrons. The fourth-order valence-electron chi connectivity index (χ4n) is 6.33. The molecule has 1 amide bonds. The second kappa shape index (κ2) is 17.8. The molecule has 1 aliphatic rings. The van der Waals surface area contributed by atoms with Crippen molar-refractivity contribution in [3.8, 4) is 40.5 Å². The molecule has 0 saturated carbocycles. The maximum Gasteiger partial charge on any atom is 0.417 e. The van der Waals surface area contributed by atoms with E-state index in [9.17, 15) is 4.79 Å². The highest BCUT2D eigenvalue weighted by Gasteiger charge is 2.43. The number of benzene rings is 4. The first-order valence-corrected chi connectivity index (χ1v) is 19.3. The third kappa shape index (κ3) is 9.94. The molecule has 4 aromatic carbocycles. The minimum Gasteiger partial charge on any atom is -0.497 e. The minimum atomic E-state index is -5.15. The topological polar surface area (TPSA) is 158 Å². The van der Waals surface area contributed by atoms with Gasteiger partial charge >= 0.3 is 12.3 Å². The standard InChI is InChI=1S/C41H39F3N6O7S/c1-55-33-17-7-28(8-18-33)24-49(25-29-9-19-34(56-2)20-10-29)58(53,54)38-36(41(42,43)44)23-14-31(13-4-27-5-15-32(16-6-27)45-40(51)52)37(38)39-46-48-50(47-39)26-30-11-21-35(57-3)22-12-30/h5,7-12,14,17-23,32,45H,6,15-16,24-26H2,1-3H3,(H,51,52). The van der Waals surface area contributed by atoms with Crippen LogP contribution in [-0.2, 0) is 35.8 Å². The van der Waals surface area contributed by atoms with Crippen LogP contribution in [0, 0.1) is 11.8 Å². The van der Waals surface area contributed by atoms with Gasteiger partial charge in [0.25, 0.3) is 0 Å². The summed E-state index contributed by atoms with van der Waals surface area (Å²) in [5.74, 6) is 7.10. The van der Waals surface area contributed by atoms with Crippen molar-refractivity contribution in [1.82, 2.24) is 29.8 Å². The molecule has 0 spiro atoms. The van der Waals surface area contributed by atoms with Crippen LogP contribution in [0.4, 0.5) is 18.0 Å². The Balaban J connectivity index is 1.53. The molecule has 1 heterocycles. The number of carboxylic acid groups (broad SMARTS) is 1. The molecule has 2 N–H and O–H groups in total. The molecule has 0 saturated heterocycles. The van der Waals surface area contributed by atoms with E-state index in [1.807, 2.05) is 0 Å². The van der Waals surface area contributed by atoms with Crippen LogP contribution in [0.25, 0.3) is 11.4 Å². The average Bonchev–Trinajstić information content (AvgIpc) is 3.68. The number of allylic oxidation sites excluding steroid dienone is 1. The summed E-state index contributed by atoms with van der Waals surface area (Å²) < 4.78 is 92.5. The molecular weight excluding hydrogens is 778 g/mol. The number of hydrogen-bond acceptors (Lipinski definition) is 9. The van der Waals surface area contributed by atoms with Gasteiger partial charge in [-0.3, -0.25) is 0 Å². The number of aromatic nitrogens is 4. The van der Waals surface area contributed by atoms with E-state index in [0.717, 1.165) is 15.2 Å². The van der Waals surface area contributed by atoms with Crippen molar-refractivity contribution in [1.29, 1.82) is 0 Å². The van der Waals surface area contributed by atoms with Crippen LogP contribution >= 0.6 is 0 Å². The molecule has 13 nitrogen and oxygen atoms in total. The van der Waals surface area contributed by atoms with Gasteiger partial charge in [0.05, 0.1) is 39.0 Å². The number of carbonyl (C=O) groups is 1. The number of nitrogens with one attached hydrogen (secondary N) is 1. The lowest BCUT2D eigenvalue weighted by Gasteiger charge is -2.26. The summed E-state index contributed by atoms with van der Waals surface area (Å²) in [6, 6.07) is 21.4. The van der Waals surface area contributed by atoms with E-state index < -0.39 is 38.3 Å². The van der Waals surface area contributed by atoms with Gasteiger partial charge in [-0.15, -0.1) is 10.2 Å². The molecule has 17 heteroatoms. The van der Waals surface area contributed by atoms with Gasteiger partial charge in [-0.2, -0.15) is 22.3 Å². The lowest BCUT2D eigenvalue weighted by molar-refractivity contribution is -0.139. The van der Waals surface area contributed by atoms with E-state index >= 15 is 21.6 Å². The summed E-state index contributed by atoms with van der Waals surface area (Å²) in [7, 11) is -0.613. The van der Waals surface area contributed by atoms with E-state index in [1.165, 1.54) is 21.3 Å². The smallest absolute Gasteiger partial charge is 0.417 e. The number of tetrazole rings is 1. The average molecular weight is 817 g/mol. The van der Waals surface area contributed by atoms with Crippen LogP contribution in [0.1, 0.15) is 47.1 Å². The van der Waals surface area contributed by atoms with Gasteiger partial charge in [0.1, 0.15) is 22.1 Å². The molecule has 302 valence electrons.